The highest BCUT2D eigenvalue weighted by Gasteiger charge is 2.18. The average Bonchev–Trinajstić information content (AvgIpc) is 2.91. The first-order chi connectivity index (χ1) is 17.7. The summed E-state index contributed by atoms with van der Waals surface area (Å²) in [5.41, 5.74) is 1.69. The van der Waals surface area contributed by atoms with Crippen LogP contribution in [-0.2, 0) is 11.3 Å². The monoisotopic (exact) mass is 501 g/mol. The predicted molar refractivity (Wildman–Crippen MR) is 139 cm³/mol. The van der Waals surface area contributed by atoms with Crippen molar-refractivity contribution >= 4 is 22.8 Å². The predicted octanol–water partition coefficient (Wildman–Crippen LogP) is 3.43. The van der Waals surface area contributed by atoms with Crippen molar-refractivity contribution in [3.05, 3.63) is 110 Å². The van der Waals surface area contributed by atoms with E-state index in [1.54, 1.807) is 63.4 Å². The molecule has 37 heavy (non-hydrogen) atoms. The summed E-state index contributed by atoms with van der Waals surface area (Å²) in [4.78, 5) is 52.9. The highest BCUT2D eigenvalue weighted by molar-refractivity contribution is 5.97. The van der Waals surface area contributed by atoms with Crippen LogP contribution in [0.5, 0.6) is 5.75 Å². The maximum Gasteiger partial charge on any atom is 0.329 e. The Hall–Kier alpha value is -4.66. The maximum atomic E-state index is 13.4. The maximum absolute atomic E-state index is 13.4. The third kappa shape index (κ3) is 5.30. The molecule has 1 heterocycles. The number of methoxy groups -OCH3 is 1. The molecule has 3 N–H and O–H groups in total. The lowest BCUT2D eigenvalue weighted by Gasteiger charge is -2.16. The van der Waals surface area contributed by atoms with Crippen LogP contribution in [0.2, 0.25) is 0 Å². The van der Waals surface area contributed by atoms with Gasteiger partial charge in [0.05, 0.1) is 30.0 Å². The fourth-order valence-electron chi connectivity index (χ4n) is 4.10. The number of carboxylic acids is 1. The molecule has 2 atom stereocenters. The van der Waals surface area contributed by atoms with Gasteiger partial charge in [0.15, 0.2) is 0 Å². The zero-order valence-electron chi connectivity index (χ0n) is 20.6. The van der Waals surface area contributed by atoms with Crippen molar-refractivity contribution in [3.8, 4) is 5.75 Å². The summed E-state index contributed by atoms with van der Waals surface area (Å²) in [6, 6.07) is 18.0. The molecule has 0 radical (unpaired) electrons. The van der Waals surface area contributed by atoms with E-state index in [0.29, 0.717) is 23.2 Å². The summed E-state index contributed by atoms with van der Waals surface area (Å²) in [5.74, 6) is -1.25. The van der Waals surface area contributed by atoms with Crippen molar-refractivity contribution in [2.75, 3.05) is 7.11 Å². The Bertz CT molecular complexity index is 1570. The summed E-state index contributed by atoms with van der Waals surface area (Å²) in [6.45, 7) is 3.60. The number of rotatable bonds is 8. The molecule has 0 aliphatic carbocycles. The van der Waals surface area contributed by atoms with Gasteiger partial charge in [-0.05, 0) is 60.9 Å². The molecule has 190 valence electrons. The van der Waals surface area contributed by atoms with Gasteiger partial charge in [0.25, 0.3) is 11.5 Å². The Labute approximate surface area is 212 Å². The van der Waals surface area contributed by atoms with E-state index in [9.17, 15) is 24.3 Å². The van der Waals surface area contributed by atoms with E-state index in [2.05, 4.69) is 10.3 Å². The number of benzene rings is 3. The van der Waals surface area contributed by atoms with Crippen LogP contribution >= 0.6 is 0 Å². The highest BCUT2D eigenvalue weighted by Crippen LogP contribution is 2.21. The Morgan fingerprint density at radius 2 is 1.62 bits per heavy atom. The third-order valence-electron chi connectivity index (χ3n) is 6.48. The molecular weight excluding hydrogens is 474 g/mol. The number of ether oxygens (including phenoxy) is 1. The van der Waals surface area contributed by atoms with Gasteiger partial charge in [0.2, 0.25) is 0 Å². The molecule has 9 heteroatoms. The summed E-state index contributed by atoms with van der Waals surface area (Å²) >= 11 is 0. The van der Waals surface area contributed by atoms with Crippen LogP contribution in [0.25, 0.3) is 10.9 Å². The molecule has 0 aliphatic rings. The van der Waals surface area contributed by atoms with Gasteiger partial charge in [-0.25, -0.2) is 4.79 Å². The average molecular weight is 502 g/mol. The minimum Gasteiger partial charge on any atom is -0.497 e. The van der Waals surface area contributed by atoms with E-state index in [0.717, 1.165) is 15.9 Å². The second-order valence-corrected chi connectivity index (χ2v) is 8.80. The largest absolute Gasteiger partial charge is 0.497 e. The number of carboxylic acid groups (broad SMARTS) is 1. The topological polar surface area (TPSA) is 130 Å². The van der Waals surface area contributed by atoms with Crippen molar-refractivity contribution in [2.45, 2.75) is 32.4 Å². The molecule has 0 fully saturated rings. The van der Waals surface area contributed by atoms with Gasteiger partial charge in [-0.3, -0.25) is 19.0 Å². The van der Waals surface area contributed by atoms with Gasteiger partial charge in [-0.2, -0.15) is 0 Å². The number of carbonyl (C=O) groups is 2. The third-order valence-corrected chi connectivity index (χ3v) is 6.48. The standard InChI is InChI=1S/C28H27N3O6/c1-16(27(34)35)19-6-8-20(9-7-19)17(2)31-26(33)23-14-21(10-13-24(23)30-28(31)36)25(32)29-15-18-4-11-22(37-3)12-5-18/h4-14,16-17H,15H2,1-3H3,(H,29,32)(H,30,36)(H,34,35). The molecule has 0 saturated carbocycles. The molecule has 0 aliphatic heterocycles. The lowest BCUT2D eigenvalue weighted by molar-refractivity contribution is -0.138. The van der Waals surface area contributed by atoms with E-state index < -0.39 is 29.2 Å². The van der Waals surface area contributed by atoms with Crippen molar-refractivity contribution < 1.29 is 19.4 Å². The molecule has 4 rings (SSSR count). The zero-order chi connectivity index (χ0) is 26.7. The van der Waals surface area contributed by atoms with Gasteiger partial charge >= 0.3 is 11.7 Å². The number of carbonyl (C=O) groups excluding carboxylic acids is 1. The van der Waals surface area contributed by atoms with E-state index in [1.165, 1.54) is 12.1 Å². The second kappa shape index (κ2) is 10.5. The first-order valence-electron chi connectivity index (χ1n) is 11.7. The molecule has 2 unspecified atom stereocenters. The van der Waals surface area contributed by atoms with Crippen molar-refractivity contribution in [1.29, 1.82) is 0 Å². The van der Waals surface area contributed by atoms with Crippen LogP contribution in [0.4, 0.5) is 0 Å². The zero-order valence-corrected chi connectivity index (χ0v) is 20.6. The summed E-state index contributed by atoms with van der Waals surface area (Å²) < 4.78 is 6.23. The lowest BCUT2D eigenvalue weighted by atomic mass is 9.98. The molecule has 0 spiro atoms. The molecule has 0 saturated heterocycles. The van der Waals surface area contributed by atoms with Crippen molar-refractivity contribution in [3.63, 3.8) is 0 Å². The summed E-state index contributed by atoms with van der Waals surface area (Å²) in [7, 11) is 1.58. The Balaban J connectivity index is 1.61. The van der Waals surface area contributed by atoms with Gasteiger partial charge in [0.1, 0.15) is 5.75 Å². The number of aromatic amines is 1. The number of fused-ring (bicyclic) bond motifs is 1. The SMILES string of the molecule is COc1ccc(CNC(=O)c2ccc3[nH]c(=O)n(C(C)c4ccc(C(C)C(=O)O)cc4)c(=O)c3c2)cc1. The Kier molecular flexibility index (Phi) is 7.24. The quantitative estimate of drug-likeness (QED) is 0.339. The number of hydrogen-bond acceptors (Lipinski definition) is 5. The minimum absolute atomic E-state index is 0.208. The minimum atomic E-state index is -0.938. The number of nitrogens with one attached hydrogen (secondary N) is 2. The van der Waals surface area contributed by atoms with Gasteiger partial charge in [0, 0.05) is 12.1 Å². The smallest absolute Gasteiger partial charge is 0.329 e. The van der Waals surface area contributed by atoms with E-state index in [-0.39, 0.29) is 16.9 Å². The van der Waals surface area contributed by atoms with Crippen molar-refractivity contribution in [1.82, 2.24) is 14.9 Å². The Morgan fingerprint density at radius 1 is 0.973 bits per heavy atom. The summed E-state index contributed by atoms with van der Waals surface area (Å²) in [5, 5.41) is 12.3. The van der Waals surface area contributed by atoms with Crippen LogP contribution in [0.15, 0.2) is 76.3 Å². The number of H-pyrrole nitrogens is 1. The van der Waals surface area contributed by atoms with E-state index in [1.807, 2.05) is 12.1 Å². The fraction of sp³-hybridized carbons (Fsp3) is 0.214. The van der Waals surface area contributed by atoms with Gasteiger partial charge in [-0.1, -0.05) is 36.4 Å². The molecule has 4 aromatic rings. The highest BCUT2D eigenvalue weighted by atomic mass is 16.5. The lowest BCUT2D eigenvalue weighted by Crippen LogP contribution is -2.37. The van der Waals surface area contributed by atoms with Crippen LogP contribution in [0.1, 0.15) is 52.9 Å². The molecule has 0 bridgehead atoms. The number of amides is 1. The van der Waals surface area contributed by atoms with Crippen LogP contribution < -0.4 is 21.3 Å². The van der Waals surface area contributed by atoms with Gasteiger partial charge < -0.3 is 20.1 Å². The van der Waals surface area contributed by atoms with Crippen LogP contribution in [0.3, 0.4) is 0 Å². The Morgan fingerprint density at radius 3 is 2.24 bits per heavy atom. The second-order valence-electron chi connectivity index (χ2n) is 8.80. The fourth-order valence-corrected chi connectivity index (χ4v) is 4.10. The molecule has 1 aromatic heterocycles. The number of nitrogens with zero attached hydrogens (tertiary/aromatic N) is 1. The molecule has 3 aromatic carbocycles. The van der Waals surface area contributed by atoms with Crippen LogP contribution in [-0.4, -0.2) is 33.6 Å². The normalized spacial score (nSPS) is 12.6. The first-order valence-corrected chi connectivity index (χ1v) is 11.7. The van der Waals surface area contributed by atoms with Gasteiger partial charge in [-0.15, -0.1) is 0 Å². The number of aliphatic carboxylic acids is 1. The molecular formula is C28H27N3O6. The van der Waals surface area contributed by atoms with E-state index >= 15 is 0 Å². The molecule has 9 nitrogen and oxygen atoms in total. The summed E-state index contributed by atoms with van der Waals surface area (Å²) in [6.07, 6.45) is 0. The molecule has 1 amide bonds. The van der Waals surface area contributed by atoms with Crippen LogP contribution in [0, 0.1) is 0 Å². The number of aromatic nitrogens is 2. The van der Waals surface area contributed by atoms with Crippen molar-refractivity contribution in [2.24, 2.45) is 0 Å². The van der Waals surface area contributed by atoms with E-state index in [4.69, 9.17) is 4.74 Å². The first kappa shape index (κ1) is 25.4. The number of hydrogen-bond donors (Lipinski definition) is 3.